The Morgan fingerprint density at radius 1 is 1.50 bits per heavy atom. The van der Waals surface area contributed by atoms with E-state index in [4.69, 9.17) is 0 Å². The zero-order valence-corrected chi connectivity index (χ0v) is 9.27. The van der Waals surface area contributed by atoms with Crippen molar-refractivity contribution in [2.24, 2.45) is 5.92 Å². The molecule has 0 amide bonds. The summed E-state index contributed by atoms with van der Waals surface area (Å²) in [7, 11) is 1.33. The number of carbonyl (C=O) groups excluding carboxylic acids is 2. The van der Waals surface area contributed by atoms with E-state index in [0.29, 0.717) is 12.1 Å². The molecule has 0 aromatic rings. The highest BCUT2D eigenvalue weighted by Crippen LogP contribution is 2.29. The second-order valence-corrected chi connectivity index (χ2v) is 3.80. The Kier molecular flexibility index (Phi) is 2.64. The molecule has 4 heteroatoms. The van der Waals surface area contributed by atoms with Crippen LogP contribution in [0.4, 0.5) is 0 Å². The predicted molar refractivity (Wildman–Crippen MR) is 58.2 cm³/mol. The number of methoxy groups -OCH3 is 1. The van der Waals surface area contributed by atoms with Crippen LogP contribution in [0.15, 0.2) is 35.7 Å². The summed E-state index contributed by atoms with van der Waals surface area (Å²) in [6.45, 7) is 2.01. The Bertz CT molecular complexity index is 432. The van der Waals surface area contributed by atoms with Crippen LogP contribution < -0.4 is 0 Å². The molecule has 2 aliphatic rings. The summed E-state index contributed by atoms with van der Waals surface area (Å²) in [5.41, 5.74) is 1.36. The largest absolute Gasteiger partial charge is 0.469 e. The number of nitrogens with zero attached hydrogens (tertiary/aromatic N) is 1. The Balaban J connectivity index is 2.38. The van der Waals surface area contributed by atoms with Crippen LogP contribution in [-0.4, -0.2) is 30.3 Å². The minimum atomic E-state index is -0.506. The molecule has 2 aliphatic heterocycles. The quantitative estimate of drug-likeness (QED) is 0.650. The first-order chi connectivity index (χ1) is 7.65. The van der Waals surface area contributed by atoms with E-state index >= 15 is 0 Å². The molecule has 0 saturated heterocycles. The molecule has 0 aromatic heterocycles. The van der Waals surface area contributed by atoms with Gasteiger partial charge in [-0.2, -0.15) is 0 Å². The second-order valence-electron chi connectivity index (χ2n) is 3.80. The van der Waals surface area contributed by atoms with Gasteiger partial charge in [-0.3, -0.25) is 9.59 Å². The van der Waals surface area contributed by atoms with E-state index in [1.807, 2.05) is 29.3 Å². The zero-order valence-electron chi connectivity index (χ0n) is 9.27. The monoisotopic (exact) mass is 219 g/mol. The number of ketones is 1. The third kappa shape index (κ3) is 1.56. The van der Waals surface area contributed by atoms with Gasteiger partial charge in [0, 0.05) is 17.5 Å². The SMILES string of the molecule is COC(=O)C(C)C1=C2C=CC=CN2CC1=O. The number of rotatable bonds is 2. The van der Waals surface area contributed by atoms with Crippen LogP contribution in [0, 0.1) is 5.92 Å². The molecule has 1 atom stereocenters. The molecule has 2 rings (SSSR count). The molecule has 0 saturated carbocycles. The van der Waals surface area contributed by atoms with Crippen molar-refractivity contribution in [1.82, 2.24) is 4.90 Å². The van der Waals surface area contributed by atoms with E-state index in [0.717, 1.165) is 5.70 Å². The van der Waals surface area contributed by atoms with Crippen LogP contribution >= 0.6 is 0 Å². The van der Waals surface area contributed by atoms with Gasteiger partial charge in [0.25, 0.3) is 0 Å². The van der Waals surface area contributed by atoms with Crippen LogP contribution in [-0.2, 0) is 14.3 Å². The first-order valence-corrected chi connectivity index (χ1v) is 5.12. The highest BCUT2D eigenvalue weighted by Gasteiger charge is 2.34. The number of hydrogen-bond acceptors (Lipinski definition) is 4. The summed E-state index contributed by atoms with van der Waals surface area (Å²) in [5.74, 6) is -0.890. The van der Waals surface area contributed by atoms with E-state index in [-0.39, 0.29) is 11.8 Å². The van der Waals surface area contributed by atoms with Crippen molar-refractivity contribution in [1.29, 1.82) is 0 Å². The van der Waals surface area contributed by atoms with Crippen molar-refractivity contribution < 1.29 is 14.3 Å². The number of esters is 1. The number of hydrogen-bond donors (Lipinski definition) is 0. The predicted octanol–water partition coefficient (Wildman–Crippen LogP) is 1.02. The molecule has 16 heavy (non-hydrogen) atoms. The molecule has 0 spiro atoms. The van der Waals surface area contributed by atoms with Crippen molar-refractivity contribution in [3.63, 3.8) is 0 Å². The highest BCUT2D eigenvalue weighted by atomic mass is 16.5. The Labute approximate surface area is 93.9 Å². The number of Topliss-reactive ketones (excluding diaryl/α,β-unsaturated/α-hetero) is 1. The molecule has 0 N–H and O–H groups in total. The fraction of sp³-hybridized carbons (Fsp3) is 0.333. The van der Waals surface area contributed by atoms with E-state index in [1.54, 1.807) is 6.92 Å². The van der Waals surface area contributed by atoms with Crippen molar-refractivity contribution in [2.75, 3.05) is 13.7 Å². The van der Waals surface area contributed by atoms with E-state index in [2.05, 4.69) is 4.74 Å². The van der Waals surface area contributed by atoms with Gasteiger partial charge in [0.05, 0.1) is 19.6 Å². The maximum atomic E-state index is 11.8. The molecular weight excluding hydrogens is 206 g/mol. The van der Waals surface area contributed by atoms with Gasteiger partial charge >= 0.3 is 5.97 Å². The Hall–Kier alpha value is -1.84. The molecule has 4 nitrogen and oxygen atoms in total. The lowest BCUT2D eigenvalue weighted by molar-refractivity contribution is -0.144. The normalized spacial score (nSPS) is 20.1. The van der Waals surface area contributed by atoms with Gasteiger partial charge in [-0.1, -0.05) is 6.08 Å². The fourth-order valence-electron chi connectivity index (χ4n) is 2.00. The first-order valence-electron chi connectivity index (χ1n) is 5.12. The zero-order chi connectivity index (χ0) is 11.7. The van der Waals surface area contributed by atoms with Gasteiger partial charge in [0.2, 0.25) is 0 Å². The van der Waals surface area contributed by atoms with Crippen LogP contribution in [0.2, 0.25) is 0 Å². The molecule has 2 heterocycles. The van der Waals surface area contributed by atoms with Gasteiger partial charge in [-0.25, -0.2) is 0 Å². The van der Waals surface area contributed by atoms with Crippen molar-refractivity contribution in [3.8, 4) is 0 Å². The van der Waals surface area contributed by atoms with Gasteiger partial charge in [-0.05, 0) is 19.1 Å². The molecule has 0 fully saturated rings. The summed E-state index contributed by atoms with van der Waals surface area (Å²) >= 11 is 0. The third-order valence-electron chi connectivity index (χ3n) is 2.82. The number of allylic oxidation sites excluding steroid dienone is 3. The molecular formula is C12H13NO3. The Morgan fingerprint density at radius 3 is 2.94 bits per heavy atom. The number of fused-ring (bicyclic) bond motifs is 1. The smallest absolute Gasteiger partial charge is 0.313 e. The molecule has 0 aliphatic carbocycles. The molecule has 0 bridgehead atoms. The summed E-state index contributed by atoms with van der Waals surface area (Å²) < 4.78 is 4.67. The Morgan fingerprint density at radius 2 is 2.25 bits per heavy atom. The summed E-state index contributed by atoms with van der Waals surface area (Å²) in [6.07, 6.45) is 7.40. The number of ether oxygens (including phenoxy) is 1. The van der Waals surface area contributed by atoms with E-state index in [9.17, 15) is 9.59 Å². The van der Waals surface area contributed by atoms with Crippen LogP contribution in [0.3, 0.4) is 0 Å². The first kappa shape index (κ1) is 10.7. The summed E-state index contributed by atoms with van der Waals surface area (Å²) in [6, 6.07) is 0. The summed E-state index contributed by atoms with van der Waals surface area (Å²) in [5, 5.41) is 0. The van der Waals surface area contributed by atoms with Gasteiger partial charge < -0.3 is 9.64 Å². The van der Waals surface area contributed by atoms with Gasteiger partial charge in [0.15, 0.2) is 5.78 Å². The lowest BCUT2D eigenvalue weighted by atomic mass is 9.97. The average molecular weight is 219 g/mol. The maximum Gasteiger partial charge on any atom is 0.313 e. The lowest BCUT2D eigenvalue weighted by Crippen LogP contribution is -2.19. The number of carbonyl (C=O) groups is 2. The average Bonchev–Trinajstić information content (AvgIpc) is 2.63. The maximum absolute atomic E-state index is 11.8. The van der Waals surface area contributed by atoms with Crippen LogP contribution in [0.5, 0.6) is 0 Å². The third-order valence-corrected chi connectivity index (χ3v) is 2.82. The fourth-order valence-corrected chi connectivity index (χ4v) is 2.00. The minimum absolute atomic E-state index is 0.0101. The topological polar surface area (TPSA) is 46.6 Å². The summed E-state index contributed by atoms with van der Waals surface area (Å²) in [4.78, 5) is 25.1. The minimum Gasteiger partial charge on any atom is -0.469 e. The molecule has 0 aromatic carbocycles. The lowest BCUT2D eigenvalue weighted by Gasteiger charge is -2.17. The molecule has 1 unspecified atom stereocenters. The van der Waals surface area contributed by atoms with Crippen molar-refractivity contribution in [2.45, 2.75) is 6.92 Å². The van der Waals surface area contributed by atoms with Crippen LogP contribution in [0.25, 0.3) is 0 Å². The van der Waals surface area contributed by atoms with Crippen LogP contribution in [0.1, 0.15) is 6.92 Å². The second kappa shape index (κ2) is 3.96. The molecule has 84 valence electrons. The van der Waals surface area contributed by atoms with Crippen molar-refractivity contribution in [3.05, 3.63) is 35.7 Å². The van der Waals surface area contributed by atoms with E-state index in [1.165, 1.54) is 7.11 Å². The standard InChI is InChI=1S/C12H13NO3/c1-8(12(15)16-2)11-9-5-3-4-6-13(9)7-10(11)14/h3-6,8H,7H2,1-2H3. The highest BCUT2D eigenvalue weighted by molar-refractivity contribution is 6.05. The van der Waals surface area contributed by atoms with Gasteiger partial charge in [0.1, 0.15) is 0 Å². The van der Waals surface area contributed by atoms with Crippen molar-refractivity contribution >= 4 is 11.8 Å². The van der Waals surface area contributed by atoms with E-state index < -0.39 is 5.92 Å². The molecule has 0 radical (unpaired) electrons. The van der Waals surface area contributed by atoms with Gasteiger partial charge in [-0.15, -0.1) is 0 Å².